The molecule has 4 nitrogen and oxygen atoms in total. The summed E-state index contributed by atoms with van der Waals surface area (Å²) in [6.45, 7) is 0. The number of phenolic OH excluding ortho intramolecular Hbond substituents is 1. The third-order valence-electron chi connectivity index (χ3n) is 1.56. The lowest BCUT2D eigenvalue weighted by molar-refractivity contribution is -0.131. The van der Waals surface area contributed by atoms with Gasteiger partial charge in [-0.15, -0.1) is 0 Å². The second-order valence-electron chi connectivity index (χ2n) is 2.56. The second kappa shape index (κ2) is 4.10. The van der Waals surface area contributed by atoms with Crippen molar-refractivity contribution in [2.45, 2.75) is 0 Å². The molecule has 4 heteroatoms. The number of aliphatic carboxylic acids is 1. The summed E-state index contributed by atoms with van der Waals surface area (Å²) in [4.78, 5) is 10.2. The van der Waals surface area contributed by atoms with E-state index in [4.69, 9.17) is 15.5 Å². The SMILES string of the molecule is N#Cc1cc(/C=C/C(=O)O)ccc1O. The predicted molar refractivity (Wildman–Crippen MR) is 49.5 cm³/mol. The fourth-order valence-electron chi connectivity index (χ4n) is 0.914. The number of carbonyl (C=O) groups is 1. The largest absolute Gasteiger partial charge is 0.507 e. The number of hydrogen-bond donors (Lipinski definition) is 2. The first kappa shape index (κ1) is 9.81. The van der Waals surface area contributed by atoms with E-state index in [1.807, 2.05) is 0 Å². The fourth-order valence-corrected chi connectivity index (χ4v) is 0.914. The molecule has 0 aromatic heterocycles. The van der Waals surface area contributed by atoms with Gasteiger partial charge in [-0.05, 0) is 23.8 Å². The number of benzene rings is 1. The Hall–Kier alpha value is -2.28. The van der Waals surface area contributed by atoms with E-state index in [1.165, 1.54) is 24.3 Å². The van der Waals surface area contributed by atoms with E-state index < -0.39 is 5.97 Å². The molecular weight excluding hydrogens is 182 g/mol. The summed E-state index contributed by atoms with van der Waals surface area (Å²) >= 11 is 0. The minimum absolute atomic E-state index is 0.111. The zero-order chi connectivity index (χ0) is 10.6. The van der Waals surface area contributed by atoms with E-state index in [0.717, 1.165) is 6.08 Å². The number of nitrogens with zero attached hydrogens (tertiary/aromatic N) is 1. The van der Waals surface area contributed by atoms with Gasteiger partial charge in [-0.2, -0.15) is 5.26 Å². The Balaban J connectivity index is 3.03. The van der Waals surface area contributed by atoms with Crippen molar-refractivity contribution in [3.8, 4) is 11.8 Å². The van der Waals surface area contributed by atoms with Crippen molar-refractivity contribution in [3.63, 3.8) is 0 Å². The third kappa shape index (κ3) is 2.35. The highest BCUT2D eigenvalue weighted by Gasteiger charge is 1.99. The average Bonchev–Trinajstić information content (AvgIpc) is 2.16. The number of carboxylic acid groups (broad SMARTS) is 1. The average molecular weight is 189 g/mol. The Kier molecular flexibility index (Phi) is 2.87. The molecular formula is C10H7NO3. The number of rotatable bonds is 2. The maximum atomic E-state index is 10.2. The Labute approximate surface area is 80.3 Å². The molecule has 14 heavy (non-hydrogen) atoms. The maximum Gasteiger partial charge on any atom is 0.328 e. The molecule has 0 atom stereocenters. The number of hydrogen-bond acceptors (Lipinski definition) is 3. The van der Waals surface area contributed by atoms with Crippen molar-refractivity contribution in [1.82, 2.24) is 0 Å². The van der Waals surface area contributed by atoms with Gasteiger partial charge in [0.25, 0.3) is 0 Å². The van der Waals surface area contributed by atoms with Crippen LogP contribution in [-0.2, 0) is 4.79 Å². The molecule has 70 valence electrons. The molecule has 0 saturated heterocycles. The van der Waals surface area contributed by atoms with E-state index in [-0.39, 0.29) is 11.3 Å². The smallest absolute Gasteiger partial charge is 0.328 e. The lowest BCUT2D eigenvalue weighted by atomic mass is 10.1. The number of phenols is 1. The summed E-state index contributed by atoms with van der Waals surface area (Å²) in [5, 5.41) is 26.1. The second-order valence-corrected chi connectivity index (χ2v) is 2.56. The highest BCUT2D eigenvalue weighted by molar-refractivity contribution is 5.85. The van der Waals surface area contributed by atoms with Crippen LogP contribution < -0.4 is 0 Å². The van der Waals surface area contributed by atoms with Gasteiger partial charge in [-0.25, -0.2) is 4.79 Å². The van der Waals surface area contributed by atoms with Gasteiger partial charge in [0.2, 0.25) is 0 Å². The molecule has 1 rings (SSSR count). The van der Waals surface area contributed by atoms with Gasteiger partial charge in [0.15, 0.2) is 0 Å². The van der Waals surface area contributed by atoms with Crippen LogP contribution in [0, 0.1) is 11.3 Å². The molecule has 0 fully saturated rings. The molecule has 0 aliphatic carbocycles. The van der Waals surface area contributed by atoms with Crippen LogP contribution in [0.15, 0.2) is 24.3 Å². The van der Waals surface area contributed by atoms with Gasteiger partial charge >= 0.3 is 5.97 Å². The monoisotopic (exact) mass is 189 g/mol. The van der Waals surface area contributed by atoms with Gasteiger partial charge < -0.3 is 10.2 Å². The minimum Gasteiger partial charge on any atom is -0.507 e. The molecule has 0 aliphatic rings. The Morgan fingerprint density at radius 2 is 2.21 bits per heavy atom. The van der Waals surface area contributed by atoms with Crippen molar-refractivity contribution in [3.05, 3.63) is 35.4 Å². The van der Waals surface area contributed by atoms with Crippen LogP contribution in [0.25, 0.3) is 6.08 Å². The number of nitriles is 1. The third-order valence-corrected chi connectivity index (χ3v) is 1.56. The molecule has 2 N–H and O–H groups in total. The first-order valence-electron chi connectivity index (χ1n) is 3.77. The molecule has 0 amide bonds. The Bertz CT molecular complexity index is 429. The fraction of sp³-hybridized carbons (Fsp3) is 0. The first-order chi connectivity index (χ1) is 6.63. The highest BCUT2D eigenvalue weighted by Crippen LogP contribution is 2.17. The van der Waals surface area contributed by atoms with Gasteiger partial charge in [-0.1, -0.05) is 6.07 Å². The summed E-state index contributed by atoms with van der Waals surface area (Å²) in [5.41, 5.74) is 0.680. The van der Waals surface area contributed by atoms with E-state index in [2.05, 4.69) is 0 Å². The number of carboxylic acids is 1. The molecule has 0 saturated carbocycles. The topological polar surface area (TPSA) is 81.3 Å². The highest BCUT2D eigenvalue weighted by atomic mass is 16.4. The molecule has 0 heterocycles. The van der Waals surface area contributed by atoms with Crippen LogP contribution in [0.2, 0.25) is 0 Å². The van der Waals surface area contributed by atoms with Gasteiger partial charge in [0.05, 0.1) is 5.56 Å². The van der Waals surface area contributed by atoms with E-state index in [9.17, 15) is 4.79 Å². The van der Waals surface area contributed by atoms with Crippen LogP contribution >= 0.6 is 0 Å². The lowest BCUT2D eigenvalue weighted by Crippen LogP contribution is -1.86. The molecule has 1 aromatic rings. The zero-order valence-electron chi connectivity index (χ0n) is 7.14. The molecule has 1 aromatic carbocycles. The summed E-state index contributed by atoms with van der Waals surface area (Å²) in [7, 11) is 0. The van der Waals surface area contributed by atoms with Crippen molar-refractivity contribution >= 4 is 12.0 Å². The minimum atomic E-state index is -1.06. The summed E-state index contributed by atoms with van der Waals surface area (Å²) in [6.07, 6.45) is 2.32. The molecule has 0 spiro atoms. The van der Waals surface area contributed by atoms with Gasteiger partial charge in [-0.3, -0.25) is 0 Å². The van der Waals surface area contributed by atoms with Crippen molar-refractivity contribution in [2.75, 3.05) is 0 Å². The normalized spacial score (nSPS) is 9.93. The van der Waals surface area contributed by atoms with Crippen LogP contribution in [0.1, 0.15) is 11.1 Å². The Morgan fingerprint density at radius 1 is 1.50 bits per heavy atom. The van der Waals surface area contributed by atoms with Crippen molar-refractivity contribution in [1.29, 1.82) is 5.26 Å². The van der Waals surface area contributed by atoms with E-state index >= 15 is 0 Å². The van der Waals surface area contributed by atoms with E-state index in [1.54, 1.807) is 6.07 Å². The van der Waals surface area contributed by atoms with Crippen LogP contribution in [-0.4, -0.2) is 16.2 Å². The predicted octanol–water partition coefficient (Wildman–Crippen LogP) is 1.36. The van der Waals surface area contributed by atoms with E-state index in [0.29, 0.717) is 5.56 Å². The zero-order valence-corrected chi connectivity index (χ0v) is 7.14. The molecule has 0 aliphatic heterocycles. The first-order valence-corrected chi connectivity index (χ1v) is 3.77. The molecule has 0 radical (unpaired) electrons. The van der Waals surface area contributed by atoms with Gasteiger partial charge in [0, 0.05) is 6.08 Å². The quantitative estimate of drug-likeness (QED) is 0.688. The maximum absolute atomic E-state index is 10.2. The standard InChI is InChI=1S/C10H7NO3/c11-6-8-5-7(1-3-9(8)12)2-4-10(13)14/h1-5,12H,(H,13,14)/b4-2+. The van der Waals surface area contributed by atoms with Crippen LogP contribution in [0.4, 0.5) is 0 Å². The van der Waals surface area contributed by atoms with Gasteiger partial charge in [0.1, 0.15) is 11.8 Å². The van der Waals surface area contributed by atoms with Crippen LogP contribution in [0.3, 0.4) is 0 Å². The summed E-state index contributed by atoms with van der Waals surface area (Å²) in [5.74, 6) is -1.17. The van der Waals surface area contributed by atoms with Crippen molar-refractivity contribution in [2.24, 2.45) is 0 Å². The molecule has 0 unspecified atom stereocenters. The summed E-state index contributed by atoms with van der Waals surface area (Å²) < 4.78 is 0. The van der Waals surface area contributed by atoms with Crippen LogP contribution in [0.5, 0.6) is 5.75 Å². The number of aromatic hydroxyl groups is 1. The lowest BCUT2D eigenvalue weighted by Gasteiger charge is -1.96. The Morgan fingerprint density at radius 3 is 2.79 bits per heavy atom. The van der Waals surface area contributed by atoms with Crippen molar-refractivity contribution < 1.29 is 15.0 Å². The molecule has 0 bridgehead atoms. The summed E-state index contributed by atoms with van der Waals surface area (Å²) in [6, 6.07) is 6.07.